The van der Waals surface area contributed by atoms with Crippen LogP contribution in [-0.2, 0) is 35.2 Å². The number of aromatic hydroxyl groups is 1. The number of hydrogen-bond acceptors (Lipinski definition) is 8. The van der Waals surface area contributed by atoms with E-state index in [0.717, 1.165) is 0 Å². The lowest BCUT2D eigenvalue weighted by molar-refractivity contribution is -0.142. The maximum Gasteiger partial charge on any atom is 0.326 e. The first-order valence-electron chi connectivity index (χ1n) is 10.5. The molecule has 0 saturated heterocycles. The van der Waals surface area contributed by atoms with Gasteiger partial charge >= 0.3 is 5.97 Å². The molecule has 0 bridgehead atoms. The minimum absolute atomic E-state index is 0.0179. The fraction of sp³-hybridized carbons (Fsp3) is 0.429. The smallest absolute Gasteiger partial charge is 0.326 e. The predicted molar refractivity (Wildman–Crippen MR) is 121 cm³/mol. The summed E-state index contributed by atoms with van der Waals surface area (Å²) in [5, 5.41) is 25.8. The number of carboxylic acid groups (broad SMARTS) is 1. The number of aliphatic carboxylic acids is 1. The molecule has 0 radical (unpaired) electrons. The van der Waals surface area contributed by atoms with Crippen LogP contribution in [0.15, 0.2) is 24.3 Å². The molecule has 35 heavy (non-hydrogen) atoms. The van der Waals surface area contributed by atoms with Crippen molar-refractivity contribution in [1.29, 1.82) is 0 Å². The Bertz CT molecular complexity index is 952. The van der Waals surface area contributed by atoms with E-state index < -0.39 is 66.1 Å². The van der Waals surface area contributed by atoms with Crippen LogP contribution in [0.1, 0.15) is 31.7 Å². The third-order valence-corrected chi connectivity index (χ3v) is 4.81. The molecule has 0 aliphatic rings. The highest BCUT2D eigenvalue weighted by atomic mass is 16.4. The number of rotatable bonds is 14. The number of phenolic OH excluding ortho intramolecular Hbond substituents is 1. The van der Waals surface area contributed by atoms with Gasteiger partial charge in [-0.15, -0.1) is 0 Å². The zero-order chi connectivity index (χ0) is 26.7. The summed E-state index contributed by atoms with van der Waals surface area (Å²) in [6.45, 7) is 1.29. The maximum absolute atomic E-state index is 12.8. The van der Waals surface area contributed by atoms with E-state index in [0.29, 0.717) is 5.56 Å². The van der Waals surface area contributed by atoms with Gasteiger partial charge in [-0.25, -0.2) is 4.79 Å². The van der Waals surface area contributed by atoms with Crippen LogP contribution in [0.25, 0.3) is 0 Å². The predicted octanol–water partition coefficient (Wildman–Crippen LogP) is -3.04. The van der Waals surface area contributed by atoms with Crippen LogP contribution >= 0.6 is 0 Å². The van der Waals surface area contributed by atoms with Crippen molar-refractivity contribution in [2.45, 2.75) is 56.8 Å². The average Bonchev–Trinajstić information content (AvgIpc) is 2.76. The second-order valence-corrected chi connectivity index (χ2v) is 7.84. The van der Waals surface area contributed by atoms with Gasteiger partial charge < -0.3 is 43.4 Å². The van der Waals surface area contributed by atoms with E-state index in [9.17, 15) is 39.0 Å². The molecule has 5 amide bonds. The quantitative estimate of drug-likeness (QED) is 0.130. The number of carbonyl (C=O) groups excluding carboxylic acids is 5. The molecule has 14 nitrogen and oxygen atoms in total. The lowest BCUT2D eigenvalue weighted by atomic mass is 10.0. The normalized spacial score (nSPS) is 14.0. The molecule has 192 valence electrons. The summed E-state index contributed by atoms with van der Waals surface area (Å²) in [6.07, 6.45) is -1.10. The first kappa shape index (κ1) is 28.8. The monoisotopic (exact) mass is 494 g/mol. The third kappa shape index (κ3) is 10.5. The highest BCUT2D eigenvalue weighted by Gasteiger charge is 2.29. The second-order valence-electron chi connectivity index (χ2n) is 7.84. The van der Waals surface area contributed by atoms with Crippen molar-refractivity contribution in [2.75, 3.05) is 0 Å². The van der Waals surface area contributed by atoms with Gasteiger partial charge in [-0.3, -0.25) is 24.0 Å². The number of hydrogen-bond donors (Lipinski definition) is 8. The van der Waals surface area contributed by atoms with Crippen LogP contribution in [0.5, 0.6) is 5.75 Å². The molecule has 1 rings (SSSR count). The van der Waals surface area contributed by atoms with Gasteiger partial charge in [0.2, 0.25) is 29.5 Å². The number of amides is 5. The van der Waals surface area contributed by atoms with E-state index in [1.807, 2.05) is 0 Å². The largest absolute Gasteiger partial charge is 0.508 e. The molecular weight excluding hydrogens is 464 g/mol. The number of nitrogens with one attached hydrogen (secondary N) is 3. The lowest BCUT2D eigenvalue weighted by Crippen LogP contribution is -2.56. The van der Waals surface area contributed by atoms with Crippen LogP contribution in [0.4, 0.5) is 0 Å². The fourth-order valence-electron chi connectivity index (χ4n) is 2.89. The van der Waals surface area contributed by atoms with Crippen molar-refractivity contribution >= 4 is 35.5 Å². The summed E-state index contributed by atoms with van der Waals surface area (Å²) in [7, 11) is 0. The Kier molecular flexibility index (Phi) is 11.1. The van der Waals surface area contributed by atoms with Gasteiger partial charge in [0.05, 0.1) is 12.5 Å². The zero-order valence-electron chi connectivity index (χ0n) is 19.0. The van der Waals surface area contributed by atoms with Gasteiger partial charge in [-0.1, -0.05) is 12.1 Å². The average molecular weight is 495 g/mol. The molecule has 0 spiro atoms. The molecule has 4 atom stereocenters. The van der Waals surface area contributed by atoms with Crippen molar-refractivity contribution in [3.05, 3.63) is 29.8 Å². The number of carbonyl (C=O) groups is 6. The summed E-state index contributed by atoms with van der Waals surface area (Å²) >= 11 is 0. The molecule has 1 aromatic carbocycles. The molecule has 0 aliphatic heterocycles. The first-order chi connectivity index (χ1) is 16.3. The highest BCUT2D eigenvalue weighted by molar-refractivity contribution is 5.95. The zero-order valence-corrected chi connectivity index (χ0v) is 19.0. The van der Waals surface area contributed by atoms with Crippen LogP contribution in [-0.4, -0.2) is 69.9 Å². The maximum atomic E-state index is 12.8. The Hall–Kier alpha value is -4.20. The van der Waals surface area contributed by atoms with Crippen molar-refractivity contribution < 1.29 is 39.0 Å². The Morgan fingerprint density at radius 3 is 1.94 bits per heavy atom. The van der Waals surface area contributed by atoms with Gasteiger partial charge in [-0.05, 0) is 31.0 Å². The number of phenols is 1. The van der Waals surface area contributed by atoms with Crippen molar-refractivity contribution in [3.63, 3.8) is 0 Å². The molecule has 0 heterocycles. The first-order valence-corrected chi connectivity index (χ1v) is 10.5. The summed E-state index contributed by atoms with van der Waals surface area (Å²) < 4.78 is 0. The summed E-state index contributed by atoms with van der Waals surface area (Å²) in [6, 6.07) is 0.465. The van der Waals surface area contributed by atoms with E-state index in [4.69, 9.17) is 17.2 Å². The standard InChI is InChI=1S/C21H30N6O8/c1-10(25-19(32)13(22)9-17(24)30)18(31)26-14(6-7-16(23)29)20(33)27-15(21(34)35)8-11-2-4-12(28)5-3-11/h2-5,10,13-15,28H,6-9,22H2,1H3,(H2,23,29)(H2,24,30)(H,25,32)(H,26,31)(H,27,33)(H,34,35). The molecule has 0 fully saturated rings. The van der Waals surface area contributed by atoms with Crippen molar-refractivity contribution in [1.82, 2.24) is 16.0 Å². The molecule has 14 heteroatoms. The van der Waals surface area contributed by atoms with Crippen molar-refractivity contribution in [3.8, 4) is 5.75 Å². The Balaban J connectivity index is 2.89. The minimum Gasteiger partial charge on any atom is -0.508 e. The highest BCUT2D eigenvalue weighted by Crippen LogP contribution is 2.12. The van der Waals surface area contributed by atoms with Gasteiger partial charge in [-0.2, -0.15) is 0 Å². The Morgan fingerprint density at radius 2 is 1.43 bits per heavy atom. The van der Waals surface area contributed by atoms with E-state index in [1.165, 1.54) is 31.2 Å². The fourth-order valence-corrected chi connectivity index (χ4v) is 2.89. The van der Waals surface area contributed by atoms with Crippen LogP contribution in [0, 0.1) is 0 Å². The number of primary amides is 2. The van der Waals surface area contributed by atoms with Gasteiger partial charge in [0.25, 0.3) is 0 Å². The number of carboxylic acids is 1. The molecule has 0 aliphatic carbocycles. The van der Waals surface area contributed by atoms with Crippen LogP contribution < -0.4 is 33.2 Å². The van der Waals surface area contributed by atoms with Crippen molar-refractivity contribution in [2.24, 2.45) is 17.2 Å². The molecule has 4 unspecified atom stereocenters. The molecule has 0 aromatic heterocycles. The van der Waals surface area contributed by atoms with E-state index in [-0.39, 0.29) is 25.0 Å². The Labute approximate surface area is 200 Å². The van der Waals surface area contributed by atoms with Gasteiger partial charge in [0.15, 0.2) is 0 Å². The topological polar surface area (TPSA) is 257 Å². The van der Waals surface area contributed by atoms with E-state index >= 15 is 0 Å². The SMILES string of the molecule is CC(NC(=O)C(N)CC(N)=O)C(=O)NC(CCC(N)=O)C(=O)NC(Cc1ccc(O)cc1)C(=O)O. The Morgan fingerprint density at radius 1 is 0.857 bits per heavy atom. The van der Waals surface area contributed by atoms with Crippen LogP contribution in [0.2, 0.25) is 0 Å². The molecule has 1 aromatic rings. The lowest BCUT2D eigenvalue weighted by Gasteiger charge is -2.23. The molecule has 11 N–H and O–H groups in total. The summed E-state index contributed by atoms with van der Waals surface area (Å²) in [5.41, 5.74) is 16.1. The summed E-state index contributed by atoms with van der Waals surface area (Å²) in [5.74, 6) is -5.49. The van der Waals surface area contributed by atoms with E-state index in [1.54, 1.807) is 0 Å². The number of nitrogens with two attached hydrogens (primary N) is 3. The third-order valence-electron chi connectivity index (χ3n) is 4.81. The van der Waals surface area contributed by atoms with Gasteiger partial charge in [0.1, 0.15) is 23.9 Å². The van der Waals surface area contributed by atoms with Gasteiger partial charge in [0, 0.05) is 12.8 Å². The summed E-state index contributed by atoms with van der Waals surface area (Å²) in [4.78, 5) is 71.1. The second kappa shape index (κ2) is 13.5. The minimum atomic E-state index is -1.39. The van der Waals surface area contributed by atoms with E-state index in [2.05, 4.69) is 16.0 Å². The number of benzene rings is 1. The molecular formula is C21H30N6O8. The molecule has 0 saturated carbocycles. The van der Waals surface area contributed by atoms with Crippen LogP contribution in [0.3, 0.4) is 0 Å².